The van der Waals surface area contributed by atoms with E-state index in [1.807, 2.05) is 0 Å². The van der Waals surface area contributed by atoms with Gasteiger partial charge in [0.15, 0.2) is 6.29 Å². The van der Waals surface area contributed by atoms with Gasteiger partial charge in [0.2, 0.25) is 0 Å². The summed E-state index contributed by atoms with van der Waals surface area (Å²) in [6.45, 7) is 4.95. The second-order valence-corrected chi connectivity index (χ2v) is 5.14. The second-order valence-electron chi connectivity index (χ2n) is 5.14. The lowest BCUT2D eigenvalue weighted by atomic mass is 10.1. The summed E-state index contributed by atoms with van der Waals surface area (Å²) in [5.41, 5.74) is 0.523. The molecule has 4 atom stereocenters. The molecule has 2 fully saturated rings. The van der Waals surface area contributed by atoms with Gasteiger partial charge in [-0.2, -0.15) is 0 Å². The summed E-state index contributed by atoms with van der Waals surface area (Å²) in [5, 5.41) is 0. The van der Waals surface area contributed by atoms with Crippen LogP contribution in [0.15, 0.2) is 36.9 Å². The SMILES string of the molecule is C=CC[C@H]1O[C@@H]2OCCO[C@@H]2[C@H]1OCc1ccccc1F. The predicted molar refractivity (Wildman–Crippen MR) is 74.1 cm³/mol. The molecule has 0 spiro atoms. The van der Waals surface area contributed by atoms with E-state index >= 15 is 0 Å². The van der Waals surface area contributed by atoms with Crippen LogP contribution in [-0.2, 0) is 25.6 Å². The fraction of sp³-hybridized carbons (Fsp3) is 0.500. The smallest absolute Gasteiger partial charge is 0.186 e. The van der Waals surface area contributed by atoms with Gasteiger partial charge >= 0.3 is 0 Å². The van der Waals surface area contributed by atoms with Crippen molar-refractivity contribution in [1.82, 2.24) is 0 Å². The van der Waals surface area contributed by atoms with Crippen molar-refractivity contribution < 1.29 is 23.3 Å². The molecule has 114 valence electrons. The van der Waals surface area contributed by atoms with Crippen molar-refractivity contribution in [3.63, 3.8) is 0 Å². The van der Waals surface area contributed by atoms with Crippen LogP contribution in [0.5, 0.6) is 0 Å². The molecule has 2 heterocycles. The van der Waals surface area contributed by atoms with Gasteiger partial charge in [-0.25, -0.2) is 4.39 Å². The third kappa shape index (κ3) is 3.16. The molecule has 2 saturated heterocycles. The number of rotatable bonds is 5. The standard InChI is InChI=1S/C16H19FO4/c1-2-5-13-14(15-16(21-13)19-9-8-18-15)20-10-11-6-3-4-7-12(11)17/h2-4,6-7,13-16H,1,5,8-10H2/t13-,14+,15-,16+/m1/s1. The van der Waals surface area contributed by atoms with Crippen LogP contribution >= 0.6 is 0 Å². The van der Waals surface area contributed by atoms with Crippen molar-refractivity contribution in [2.24, 2.45) is 0 Å². The molecule has 1 aromatic carbocycles. The van der Waals surface area contributed by atoms with Crippen LogP contribution in [0.2, 0.25) is 0 Å². The van der Waals surface area contributed by atoms with Crippen molar-refractivity contribution in [2.75, 3.05) is 13.2 Å². The third-order valence-corrected chi connectivity index (χ3v) is 3.73. The Labute approximate surface area is 123 Å². The first-order chi connectivity index (χ1) is 10.3. The number of hydrogen-bond acceptors (Lipinski definition) is 4. The van der Waals surface area contributed by atoms with E-state index in [0.29, 0.717) is 25.2 Å². The lowest BCUT2D eigenvalue weighted by Gasteiger charge is -2.28. The van der Waals surface area contributed by atoms with Crippen LogP contribution in [-0.4, -0.2) is 37.8 Å². The highest BCUT2D eigenvalue weighted by Crippen LogP contribution is 2.32. The molecule has 4 nitrogen and oxygen atoms in total. The summed E-state index contributed by atoms with van der Waals surface area (Å²) >= 11 is 0. The van der Waals surface area contributed by atoms with Crippen molar-refractivity contribution in [1.29, 1.82) is 0 Å². The molecule has 0 unspecified atom stereocenters. The maximum Gasteiger partial charge on any atom is 0.186 e. The first-order valence-electron chi connectivity index (χ1n) is 7.14. The number of benzene rings is 1. The highest BCUT2D eigenvalue weighted by atomic mass is 19.1. The first-order valence-corrected chi connectivity index (χ1v) is 7.14. The van der Waals surface area contributed by atoms with Crippen LogP contribution in [0.4, 0.5) is 4.39 Å². The molecule has 0 aliphatic carbocycles. The summed E-state index contributed by atoms with van der Waals surface area (Å²) in [4.78, 5) is 0. The average molecular weight is 294 g/mol. The summed E-state index contributed by atoms with van der Waals surface area (Å²) in [5.74, 6) is -0.269. The zero-order chi connectivity index (χ0) is 14.7. The maximum atomic E-state index is 13.7. The Morgan fingerprint density at radius 3 is 2.90 bits per heavy atom. The van der Waals surface area contributed by atoms with Crippen molar-refractivity contribution >= 4 is 0 Å². The number of hydrogen-bond donors (Lipinski definition) is 0. The monoisotopic (exact) mass is 294 g/mol. The minimum Gasteiger partial charge on any atom is -0.368 e. The van der Waals surface area contributed by atoms with Crippen LogP contribution in [0.25, 0.3) is 0 Å². The van der Waals surface area contributed by atoms with Crippen molar-refractivity contribution in [3.8, 4) is 0 Å². The molecular formula is C16H19FO4. The van der Waals surface area contributed by atoms with E-state index in [-0.39, 0.29) is 30.7 Å². The number of fused-ring (bicyclic) bond motifs is 1. The lowest BCUT2D eigenvalue weighted by Crippen LogP contribution is -2.42. The Morgan fingerprint density at radius 2 is 2.10 bits per heavy atom. The highest BCUT2D eigenvalue weighted by molar-refractivity contribution is 5.16. The molecule has 5 heteroatoms. The second kappa shape index (κ2) is 6.66. The summed E-state index contributed by atoms with van der Waals surface area (Å²) in [6, 6.07) is 6.58. The Kier molecular flexibility index (Phi) is 4.65. The molecule has 1 aromatic rings. The number of ether oxygens (including phenoxy) is 4. The minimum atomic E-state index is -0.408. The van der Waals surface area contributed by atoms with Crippen molar-refractivity contribution in [3.05, 3.63) is 48.3 Å². The van der Waals surface area contributed by atoms with Crippen LogP contribution in [0.3, 0.4) is 0 Å². The van der Waals surface area contributed by atoms with E-state index in [1.165, 1.54) is 6.07 Å². The molecule has 0 saturated carbocycles. The summed E-state index contributed by atoms with van der Waals surface area (Å²) < 4.78 is 36.6. The lowest BCUT2D eigenvalue weighted by molar-refractivity contribution is -0.221. The maximum absolute atomic E-state index is 13.7. The molecule has 0 amide bonds. The van der Waals surface area contributed by atoms with Gasteiger partial charge in [-0.1, -0.05) is 24.3 Å². The molecule has 0 N–H and O–H groups in total. The zero-order valence-corrected chi connectivity index (χ0v) is 11.7. The summed E-state index contributed by atoms with van der Waals surface area (Å²) in [6.07, 6.45) is 1.28. The largest absolute Gasteiger partial charge is 0.368 e. The van der Waals surface area contributed by atoms with E-state index in [4.69, 9.17) is 18.9 Å². The van der Waals surface area contributed by atoms with Gasteiger partial charge < -0.3 is 18.9 Å². The van der Waals surface area contributed by atoms with Crippen LogP contribution in [0.1, 0.15) is 12.0 Å². The van der Waals surface area contributed by atoms with E-state index in [2.05, 4.69) is 6.58 Å². The molecule has 2 aliphatic rings. The molecule has 21 heavy (non-hydrogen) atoms. The number of halogens is 1. The van der Waals surface area contributed by atoms with Gasteiger partial charge in [-0.3, -0.25) is 0 Å². The minimum absolute atomic E-state index is 0.178. The van der Waals surface area contributed by atoms with E-state index in [1.54, 1.807) is 24.3 Å². The molecule has 3 rings (SSSR count). The van der Waals surface area contributed by atoms with Gasteiger partial charge in [-0.05, 0) is 12.5 Å². The van der Waals surface area contributed by atoms with Crippen LogP contribution in [0, 0.1) is 5.82 Å². The average Bonchev–Trinajstić information content (AvgIpc) is 2.84. The molecule has 2 aliphatic heterocycles. The van der Waals surface area contributed by atoms with Gasteiger partial charge in [0, 0.05) is 5.56 Å². The Morgan fingerprint density at radius 1 is 1.29 bits per heavy atom. The van der Waals surface area contributed by atoms with E-state index in [0.717, 1.165) is 0 Å². The fourth-order valence-corrected chi connectivity index (χ4v) is 2.71. The Bertz CT molecular complexity index is 493. The van der Waals surface area contributed by atoms with E-state index < -0.39 is 6.29 Å². The third-order valence-electron chi connectivity index (χ3n) is 3.73. The first kappa shape index (κ1) is 14.7. The van der Waals surface area contributed by atoms with Crippen LogP contribution < -0.4 is 0 Å². The van der Waals surface area contributed by atoms with Gasteiger partial charge in [0.05, 0.1) is 25.9 Å². The van der Waals surface area contributed by atoms with Crippen molar-refractivity contribution in [2.45, 2.75) is 37.6 Å². The molecule has 0 bridgehead atoms. The molecular weight excluding hydrogens is 275 g/mol. The van der Waals surface area contributed by atoms with Gasteiger partial charge in [0.25, 0.3) is 0 Å². The Balaban J connectivity index is 1.68. The summed E-state index contributed by atoms with van der Waals surface area (Å²) in [7, 11) is 0. The van der Waals surface area contributed by atoms with Gasteiger partial charge in [0.1, 0.15) is 18.0 Å². The topological polar surface area (TPSA) is 36.9 Å². The molecule has 0 aromatic heterocycles. The highest BCUT2D eigenvalue weighted by Gasteiger charge is 2.47. The molecule has 0 radical (unpaired) electrons. The predicted octanol–water partition coefficient (Wildman–Crippen LogP) is 2.43. The van der Waals surface area contributed by atoms with E-state index in [9.17, 15) is 4.39 Å². The normalized spacial score (nSPS) is 31.9. The fourth-order valence-electron chi connectivity index (χ4n) is 2.71. The zero-order valence-electron chi connectivity index (χ0n) is 11.7. The Hall–Kier alpha value is -1.27. The quantitative estimate of drug-likeness (QED) is 0.782. The van der Waals surface area contributed by atoms with Gasteiger partial charge in [-0.15, -0.1) is 6.58 Å².